The minimum atomic E-state index is 0.0757. The number of hydrogen-bond donors (Lipinski definition) is 4. The fourth-order valence-electron chi connectivity index (χ4n) is 0.972. The normalized spacial score (nSPS) is 10.1. The van der Waals surface area contributed by atoms with Crippen LogP contribution in [0, 0.1) is 0 Å². The van der Waals surface area contributed by atoms with Crippen LogP contribution in [0.2, 0.25) is 0 Å². The molecule has 0 aliphatic heterocycles. The Labute approximate surface area is 98.1 Å². The van der Waals surface area contributed by atoms with Crippen molar-refractivity contribution >= 4 is 23.5 Å². The molecular weight excluding hydrogens is 228 g/mol. The average Bonchev–Trinajstić information content (AvgIpc) is 2.31. The van der Waals surface area contributed by atoms with Crippen LogP contribution < -0.4 is 21.4 Å². The van der Waals surface area contributed by atoms with Gasteiger partial charge in [0.15, 0.2) is 11.5 Å². The largest absolute Gasteiger partial charge is 0.504 e. The lowest BCUT2D eigenvalue weighted by atomic mass is 10.2. The van der Waals surface area contributed by atoms with E-state index in [4.69, 9.17) is 22.8 Å². The van der Waals surface area contributed by atoms with E-state index >= 15 is 0 Å². The molecule has 86 valence electrons. The van der Waals surface area contributed by atoms with Gasteiger partial charge in [0.25, 0.3) is 0 Å². The molecule has 0 aliphatic carbocycles. The first-order chi connectivity index (χ1) is 7.67. The molecule has 0 unspecified atom stereocenters. The van der Waals surface area contributed by atoms with E-state index in [1.165, 1.54) is 19.4 Å². The number of nitrogens with one attached hydrogen (secondary N) is 2. The van der Waals surface area contributed by atoms with Gasteiger partial charge in [0.1, 0.15) is 0 Å². The lowest BCUT2D eigenvalue weighted by Gasteiger charge is -2.03. The predicted octanol–water partition coefficient (Wildman–Crippen LogP) is 0.0725. The fourth-order valence-corrected chi connectivity index (χ4v) is 1.02. The van der Waals surface area contributed by atoms with E-state index in [2.05, 4.69) is 16.0 Å². The van der Waals surface area contributed by atoms with Crippen molar-refractivity contribution < 1.29 is 9.84 Å². The van der Waals surface area contributed by atoms with Crippen LogP contribution >= 0.6 is 12.2 Å². The summed E-state index contributed by atoms with van der Waals surface area (Å²) in [4.78, 5) is 0. The van der Waals surface area contributed by atoms with Gasteiger partial charge < -0.3 is 9.84 Å². The summed E-state index contributed by atoms with van der Waals surface area (Å²) in [7, 11) is 1.47. The van der Waals surface area contributed by atoms with Crippen molar-refractivity contribution in [2.24, 2.45) is 10.9 Å². The van der Waals surface area contributed by atoms with Gasteiger partial charge in [-0.25, -0.2) is 5.84 Å². The van der Waals surface area contributed by atoms with Gasteiger partial charge in [0.05, 0.1) is 13.3 Å². The molecule has 6 nitrogen and oxygen atoms in total. The smallest absolute Gasteiger partial charge is 0.201 e. The van der Waals surface area contributed by atoms with Crippen LogP contribution in [0.1, 0.15) is 5.56 Å². The highest BCUT2D eigenvalue weighted by Gasteiger charge is 2.00. The number of thiocarbonyl (C=S) groups is 1. The van der Waals surface area contributed by atoms with E-state index in [9.17, 15) is 5.11 Å². The summed E-state index contributed by atoms with van der Waals surface area (Å²) in [5, 5.41) is 13.4. The van der Waals surface area contributed by atoms with Crippen LogP contribution in [0.5, 0.6) is 11.5 Å². The van der Waals surface area contributed by atoms with Crippen LogP contribution in [0.15, 0.2) is 23.3 Å². The molecule has 0 amide bonds. The minimum absolute atomic E-state index is 0.0757. The fraction of sp³-hybridized carbons (Fsp3) is 0.111. The third-order valence-electron chi connectivity index (χ3n) is 1.71. The van der Waals surface area contributed by atoms with E-state index in [0.29, 0.717) is 5.75 Å². The number of hydrazone groups is 1. The van der Waals surface area contributed by atoms with Crippen molar-refractivity contribution in [3.8, 4) is 11.5 Å². The molecule has 16 heavy (non-hydrogen) atoms. The molecule has 0 saturated heterocycles. The minimum Gasteiger partial charge on any atom is -0.504 e. The zero-order valence-electron chi connectivity index (χ0n) is 8.60. The van der Waals surface area contributed by atoms with Crippen molar-refractivity contribution in [2.75, 3.05) is 7.11 Å². The summed E-state index contributed by atoms with van der Waals surface area (Å²) >= 11 is 4.71. The maximum Gasteiger partial charge on any atom is 0.201 e. The maximum atomic E-state index is 9.35. The SMILES string of the molecule is COc1cc(C=NNC(=S)NN)ccc1O. The molecular formula is C9H12N4O2S. The van der Waals surface area contributed by atoms with E-state index in [1.807, 2.05) is 0 Å². The summed E-state index contributed by atoms with van der Waals surface area (Å²) < 4.78 is 4.94. The lowest BCUT2D eigenvalue weighted by Crippen LogP contribution is -2.37. The first kappa shape index (κ1) is 12.2. The van der Waals surface area contributed by atoms with Gasteiger partial charge in [-0.2, -0.15) is 5.10 Å². The molecule has 1 rings (SSSR count). The number of hydrazine groups is 1. The number of hydrogen-bond acceptors (Lipinski definition) is 5. The summed E-state index contributed by atoms with van der Waals surface area (Å²) in [6.45, 7) is 0. The van der Waals surface area contributed by atoms with E-state index in [-0.39, 0.29) is 10.9 Å². The van der Waals surface area contributed by atoms with Crippen LogP contribution in [0.25, 0.3) is 0 Å². The number of rotatable bonds is 3. The van der Waals surface area contributed by atoms with Gasteiger partial charge in [-0.3, -0.25) is 10.9 Å². The third kappa shape index (κ3) is 3.37. The number of ether oxygens (including phenoxy) is 1. The molecule has 0 saturated carbocycles. The molecule has 0 heterocycles. The Balaban J connectivity index is 2.70. The number of nitrogens with two attached hydrogens (primary N) is 1. The Bertz CT molecular complexity index is 408. The topological polar surface area (TPSA) is 91.9 Å². The Morgan fingerprint density at radius 2 is 2.38 bits per heavy atom. The van der Waals surface area contributed by atoms with Crippen molar-refractivity contribution in [1.82, 2.24) is 10.9 Å². The maximum absolute atomic E-state index is 9.35. The Morgan fingerprint density at radius 3 is 3.00 bits per heavy atom. The first-order valence-corrected chi connectivity index (χ1v) is 4.75. The van der Waals surface area contributed by atoms with Gasteiger partial charge in [-0.15, -0.1) is 0 Å². The van der Waals surface area contributed by atoms with Crippen molar-refractivity contribution in [1.29, 1.82) is 0 Å². The van der Waals surface area contributed by atoms with Gasteiger partial charge in [-0.1, -0.05) is 0 Å². The van der Waals surface area contributed by atoms with E-state index < -0.39 is 0 Å². The zero-order chi connectivity index (χ0) is 12.0. The van der Waals surface area contributed by atoms with E-state index in [1.54, 1.807) is 12.1 Å². The summed E-state index contributed by atoms with van der Waals surface area (Å²) in [6.07, 6.45) is 1.52. The predicted molar refractivity (Wildman–Crippen MR) is 65.3 cm³/mol. The van der Waals surface area contributed by atoms with Crippen LogP contribution in [-0.4, -0.2) is 23.5 Å². The van der Waals surface area contributed by atoms with Gasteiger partial charge >= 0.3 is 0 Å². The molecule has 0 radical (unpaired) electrons. The molecule has 0 bridgehead atoms. The highest BCUT2D eigenvalue weighted by atomic mass is 32.1. The van der Waals surface area contributed by atoms with Crippen LogP contribution in [0.3, 0.4) is 0 Å². The van der Waals surface area contributed by atoms with E-state index in [0.717, 1.165) is 5.56 Å². The molecule has 1 aromatic rings. The van der Waals surface area contributed by atoms with Crippen molar-refractivity contribution in [2.45, 2.75) is 0 Å². The molecule has 5 N–H and O–H groups in total. The molecule has 0 atom stereocenters. The van der Waals surface area contributed by atoms with Crippen LogP contribution in [0.4, 0.5) is 0 Å². The number of nitrogens with zero attached hydrogens (tertiary/aromatic N) is 1. The number of benzene rings is 1. The first-order valence-electron chi connectivity index (χ1n) is 4.34. The second kappa shape index (κ2) is 5.89. The zero-order valence-corrected chi connectivity index (χ0v) is 9.41. The third-order valence-corrected chi connectivity index (χ3v) is 1.92. The van der Waals surface area contributed by atoms with Crippen LogP contribution in [-0.2, 0) is 0 Å². The van der Waals surface area contributed by atoms with Gasteiger partial charge in [0.2, 0.25) is 5.11 Å². The number of methoxy groups -OCH3 is 1. The molecule has 0 fully saturated rings. The van der Waals surface area contributed by atoms with Gasteiger partial charge in [0, 0.05) is 0 Å². The summed E-state index contributed by atoms with van der Waals surface area (Å²) in [6, 6.07) is 4.83. The van der Waals surface area contributed by atoms with Gasteiger partial charge in [-0.05, 0) is 36.0 Å². The average molecular weight is 240 g/mol. The molecule has 0 aliphatic rings. The Kier molecular flexibility index (Phi) is 4.49. The quantitative estimate of drug-likeness (QED) is 0.259. The van der Waals surface area contributed by atoms with Crippen molar-refractivity contribution in [3.63, 3.8) is 0 Å². The second-order valence-corrected chi connectivity index (χ2v) is 3.18. The highest BCUT2D eigenvalue weighted by Crippen LogP contribution is 2.25. The standard InChI is InChI=1S/C9H12N4O2S/c1-15-8-4-6(2-3-7(8)14)5-11-13-9(16)12-10/h2-5,14H,10H2,1H3,(H2,12,13,16). The molecule has 0 spiro atoms. The summed E-state index contributed by atoms with van der Waals surface area (Å²) in [5.41, 5.74) is 5.47. The number of phenols is 1. The molecule has 7 heteroatoms. The number of aromatic hydroxyl groups is 1. The lowest BCUT2D eigenvalue weighted by molar-refractivity contribution is 0.373. The number of phenolic OH excluding ortho intramolecular Hbond substituents is 1. The monoisotopic (exact) mass is 240 g/mol. The van der Waals surface area contributed by atoms with Crippen molar-refractivity contribution in [3.05, 3.63) is 23.8 Å². The highest BCUT2D eigenvalue weighted by molar-refractivity contribution is 7.80. The Hall–Kier alpha value is -1.86. The molecule has 0 aromatic heterocycles. The molecule has 1 aromatic carbocycles. The second-order valence-electron chi connectivity index (χ2n) is 2.77. The summed E-state index contributed by atoms with van der Waals surface area (Å²) in [5.74, 6) is 5.49. The Morgan fingerprint density at radius 1 is 1.62 bits per heavy atom.